The molecule has 152 valence electrons. The van der Waals surface area contributed by atoms with Gasteiger partial charge in [0, 0.05) is 24.0 Å². The van der Waals surface area contributed by atoms with Crippen molar-refractivity contribution >= 4 is 33.0 Å². The van der Waals surface area contributed by atoms with Crippen molar-refractivity contribution in [3.63, 3.8) is 0 Å². The highest BCUT2D eigenvalue weighted by atomic mass is 32.1. The lowest BCUT2D eigenvalue weighted by Gasteiger charge is -2.22. The van der Waals surface area contributed by atoms with Gasteiger partial charge >= 0.3 is 6.18 Å². The molecule has 2 aromatic heterocycles. The molecule has 0 unspecified atom stereocenters. The molecule has 29 heavy (non-hydrogen) atoms. The Morgan fingerprint density at radius 3 is 2.86 bits per heavy atom. The van der Waals surface area contributed by atoms with Gasteiger partial charge in [0.15, 0.2) is 0 Å². The predicted octanol–water partition coefficient (Wildman–Crippen LogP) is 3.09. The summed E-state index contributed by atoms with van der Waals surface area (Å²) in [5.74, 6) is -0.419. The Hall–Kier alpha value is -2.95. The number of fused-ring (bicyclic) bond motifs is 1. The lowest BCUT2D eigenvalue weighted by atomic mass is 10.1. The molecule has 0 saturated carbocycles. The van der Waals surface area contributed by atoms with Crippen LogP contribution >= 0.6 is 11.3 Å². The van der Waals surface area contributed by atoms with Crippen LogP contribution in [0.2, 0.25) is 0 Å². The molecule has 1 aliphatic heterocycles. The lowest BCUT2D eigenvalue weighted by Crippen LogP contribution is -2.39. The van der Waals surface area contributed by atoms with Crippen molar-refractivity contribution in [1.82, 2.24) is 14.6 Å². The maximum Gasteiger partial charge on any atom is 0.416 e. The average molecular weight is 423 g/mol. The third-order valence-electron chi connectivity index (χ3n) is 4.62. The minimum Gasteiger partial charge on any atom is -0.335 e. The molecule has 7 nitrogen and oxygen atoms in total. The van der Waals surface area contributed by atoms with E-state index in [1.165, 1.54) is 34.1 Å². The van der Waals surface area contributed by atoms with Crippen LogP contribution in [0.4, 0.5) is 24.0 Å². The van der Waals surface area contributed by atoms with E-state index >= 15 is 0 Å². The molecule has 1 aromatic carbocycles. The fourth-order valence-electron chi connectivity index (χ4n) is 3.29. The molecule has 1 amide bonds. The van der Waals surface area contributed by atoms with Gasteiger partial charge in [0.1, 0.15) is 6.04 Å². The summed E-state index contributed by atoms with van der Waals surface area (Å²) < 4.78 is 39.9. The first-order valence-electron chi connectivity index (χ1n) is 8.85. The fraction of sp³-hybridized carbons (Fsp3) is 0.333. The van der Waals surface area contributed by atoms with Crippen LogP contribution in [0.1, 0.15) is 24.1 Å². The smallest absolute Gasteiger partial charge is 0.335 e. The van der Waals surface area contributed by atoms with Crippen molar-refractivity contribution in [2.24, 2.45) is 0 Å². The van der Waals surface area contributed by atoms with Crippen LogP contribution in [0.5, 0.6) is 0 Å². The minimum absolute atomic E-state index is 0.0782. The van der Waals surface area contributed by atoms with Crippen LogP contribution < -0.4 is 15.8 Å². The number of halogens is 3. The normalized spacial score (nSPS) is 17.1. The van der Waals surface area contributed by atoms with E-state index in [1.807, 2.05) is 0 Å². The number of rotatable bonds is 3. The number of alkyl halides is 3. The zero-order valence-corrected chi connectivity index (χ0v) is 16.0. The molecule has 3 heterocycles. The van der Waals surface area contributed by atoms with Crippen molar-refractivity contribution in [2.45, 2.75) is 32.0 Å². The van der Waals surface area contributed by atoms with Crippen molar-refractivity contribution in [3.05, 3.63) is 51.9 Å². The first kappa shape index (κ1) is 19.4. The molecular weight excluding hydrogens is 407 g/mol. The van der Waals surface area contributed by atoms with Crippen LogP contribution in [-0.4, -0.2) is 33.1 Å². The van der Waals surface area contributed by atoms with Gasteiger partial charge in [-0.2, -0.15) is 17.7 Å². The number of nitrogens with one attached hydrogen (secondary N) is 1. The molecule has 1 atom stereocenters. The Morgan fingerprint density at radius 1 is 1.31 bits per heavy atom. The number of aryl methyl sites for hydroxylation is 1. The molecule has 1 fully saturated rings. The first-order valence-corrected chi connectivity index (χ1v) is 9.66. The Labute approximate surface area is 166 Å². The van der Waals surface area contributed by atoms with Crippen LogP contribution in [0, 0.1) is 6.92 Å². The third-order valence-corrected chi connectivity index (χ3v) is 5.57. The SMILES string of the molecule is Cc1cc(=O)n2nc(N3CCC[C@H]3C(=O)Nc3cccc(C(F)(F)F)c3)sc2n1. The van der Waals surface area contributed by atoms with Gasteiger partial charge in [0.2, 0.25) is 16.0 Å². The molecule has 0 spiro atoms. The maximum atomic E-state index is 12.9. The van der Waals surface area contributed by atoms with Crippen molar-refractivity contribution in [3.8, 4) is 0 Å². The second kappa shape index (κ2) is 7.14. The Bertz CT molecular complexity index is 1140. The van der Waals surface area contributed by atoms with Gasteiger partial charge in [-0.15, -0.1) is 5.10 Å². The van der Waals surface area contributed by atoms with E-state index in [0.717, 1.165) is 18.6 Å². The van der Waals surface area contributed by atoms with E-state index in [1.54, 1.807) is 11.8 Å². The predicted molar refractivity (Wildman–Crippen MR) is 102 cm³/mol. The second-order valence-corrected chi connectivity index (χ2v) is 7.67. The number of nitrogens with zero attached hydrogens (tertiary/aromatic N) is 4. The molecule has 11 heteroatoms. The van der Waals surface area contributed by atoms with E-state index in [-0.39, 0.29) is 11.2 Å². The summed E-state index contributed by atoms with van der Waals surface area (Å²) in [7, 11) is 0. The maximum absolute atomic E-state index is 12.9. The van der Waals surface area contributed by atoms with E-state index in [2.05, 4.69) is 15.4 Å². The van der Waals surface area contributed by atoms with Gasteiger partial charge in [-0.1, -0.05) is 17.4 Å². The van der Waals surface area contributed by atoms with Gasteiger partial charge in [0.25, 0.3) is 5.56 Å². The number of carbonyl (C=O) groups is 1. The standard InChI is InChI=1S/C18H16F3N5O2S/c1-10-8-14(27)26-16(22-10)29-17(24-26)25-7-3-6-13(25)15(28)23-12-5-2-4-11(9-12)18(19,20)21/h2,4-5,8-9,13H,3,6-7H2,1H3,(H,23,28)/t13-/m0/s1. The van der Waals surface area contributed by atoms with Crippen molar-refractivity contribution < 1.29 is 18.0 Å². The third kappa shape index (κ3) is 3.82. The van der Waals surface area contributed by atoms with Gasteiger partial charge in [-0.05, 0) is 38.0 Å². The molecule has 1 saturated heterocycles. The number of hydrogen-bond acceptors (Lipinski definition) is 6. The van der Waals surface area contributed by atoms with Crippen molar-refractivity contribution in [2.75, 3.05) is 16.8 Å². The Kier molecular flexibility index (Phi) is 4.77. The quantitative estimate of drug-likeness (QED) is 0.701. The summed E-state index contributed by atoms with van der Waals surface area (Å²) in [4.78, 5) is 31.3. The monoisotopic (exact) mass is 423 g/mol. The van der Waals surface area contributed by atoms with E-state index < -0.39 is 23.7 Å². The number of benzene rings is 1. The van der Waals surface area contributed by atoms with Crippen LogP contribution in [-0.2, 0) is 11.0 Å². The summed E-state index contributed by atoms with van der Waals surface area (Å²) >= 11 is 1.19. The number of amides is 1. The number of hydrogen-bond donors (Lipinski definition) is 1. The topological polar surface area (TPSA) is 79.6 Å². The number of aromatic nitrogens is 3. The number of anilines is 2. The molecule has 0 radical (unpaired) electrons. The summed E-state index contributed by atoms with van der Waals surface area (Å²) in [6, 6.07) is 5.29. The molecule has 1 aliphatic rings. The highest BCUT2D eigenvalue weighted by Gasteiger charge is 2.34. The summed E-state index contributed by atoms with van der Waals surface area (Å²) in [6.45, 7) is 2.26. The van der Waals surface area contributed by atoms with Gasteiger partial charge in [-0.3, -0.25) is 9.59 Å². The Balaban J connectivity index is 1.58. The largest absolute Gasteiger partial charge is 0.416 e. The average Bonchev–Trinajstić information content (AvgIpc) is 3.27. The zero-order chi connectivity index (χ0) is 20.8. The summed E-state index contributed by atoms with van der Waals surface area (Å²) in [6.07, 6.45) is -3.24. The lowest BCUT2D eigenvalue weighted by molar-refractivity contribution is -0.137. The molecule has 0 aliphatic carbocycles. The molecular formula is C18H16F3N5O2S. The van der Waals surface area contributed by atoms with Gasteiger partial charge in [0.05, 0.1) is 5.56 Å². The van der Waals surface area contributed by atoms with Gasteiger partial charge < -0.3 is 10.2 Å². The van der Waals surface area contributed by atoms with Gasteiger partial charge in [-0.25, -0.2) is 4.98 Å². The molecule has 4 rings (SSSR count). The van der Waals surface area contributed by atoms with E-state index in [4.69, 9.17) is 0 Å². The first-order chi connectivity index (χ1) is 13.7. The van der Waals surface area contributed by atoms with E-state index in [0.29, 0.717) is 28.8 Å². The molecule has 3 aromatic rings. The van der Waals surface area contributed by atoms with Crippen LogP contribution in [0.25, 0.3) is 4.96 Å². The fourth-order valence-corrected chi connectivity index (χ4v) is 4.32. The summed E-state index contributed by atoms with van der Waals surface area (Å²) in [5.41, 5.74) is -0.482. The molecule has 1 N–H and O–H groups in total. The summed E-state index contributed by atoms with van der Waals surface area (Å²) in [5, 5.41) is 7.32. The van der Waals surface area contributed by atoms with Crippen LogP contribution in [0.15, 0.2) is 35.1 Å². The highest BCUT2D eigenvalue weighted by molar-refractivity contribution is 7.20. The zero-order valence-electron chi connectivity index (χ0n) is 15.2. The van der Waals surface area contributed by atoms with E-state index in [9.17, 15) is 22.8 Å². The van der Waals surface area contributed by atoms with Crippen molar-refractivity contribution in [1.29, 1.82) is 0 Å². The number of carbonyl (C=O) groups excluding carboxylic acids is 1. The molecule has 0 bridgehead atoms. The highest BCUT2D eigenvalue weighted by Crippen LogP contribution is 2.32. The second-order valence-electron chi connectivity index (χ2n) is 6.73. The Morgan fingerprint density at radius 2 is 2.10 bits per heavy atom. The van der Waals surface area contributed by atoms with Crippen LogP contribution in [0.3, 0.4) is 0 Å². The minimum atomic E-state index is -4.49.